The number of sulfone groups is 2. The van der Waals surface area contributed by atoms with Crippen LogP contribution < -0.4 is 0 Å². The Hall–Kier alpha value is -1.04. The van der Waals surface area contributed by atoms with Gasteiger partial charge in [-0.05, 0) is 18.2 Å². The van der Waals surface area contributed by atoms with E-state index in [1.165, 1.54) is 30.0 Å². The van der Waals surface area contributed by atoms with E-state index in [0.717, 1.165) is 6.26 Å². The van der Waals surface area contributed by atoms with Crippen molar-refractivity contribution >= 4 is 31.4 Å². The van der Waals surface area contributed by atoms with E-state index in [1.54, 1.807) is 6.07 Å². The summed E-state index contributed by atoms with van der Waals surface area (Å²) in [5.74, 6) is 0.680. The van der Waals surface area contributed by atoms with Gasteiger partial charge in [0.25, 0.3) is 0 Å². The summed E-state index contributed by atoms with van der Waals surface area (Å²) >= 11 is 1.29. The first kappa shape index (κ1) is 17.0. The molecular formula is C12H15NO4S3. The normalized spacial score (nSPS) is 12.0. The number of rotatable bonds is 7. The number of thioether (sulfide) groups is 1. The molecule has 0 unspecified atom stereocenters. The number of nitriles is 1. The fraction of sp³-hybridized carbons (Fsp3) is 0.417. The molecule has 0 aliphatic carbocycles. The van der Waals surface area contributed by atoms with Crippen molar-refractivity contribution in [1.82, 2.24) is 0 Å². The Morgan fingerprint density at radius 2 is 1.80 bits per heavy atom. The second-order valence-corrected chi connectivity index (χ2v) is 9.79. The maximum atomic E-state index is 12.0. The molecular weight excluding hydrogens is 318 g/mol. The van der Waals surface area contributed by atoms with Crippen LogP contribution in [0.3, 0.4) is 0 Å². The van der Waals surface area contributed by atoms with E-state index in [1.807, 2.05) is 6.07 Å². The molecule has 0 saturated carbocycles. The molecule has 1 rings (SSSR count). The third-order valence-electron chi connectivity index (χ3n) is 2.42. The Morgan fingerprint density at radius 1 is 1.15 bits per heavy atom. The topological polar surface area (TPSA) is 92.1 Å². The highest BCUT2D eigenvalue weighted by molar-refractivity contribution is 8.01. The summed E-state index contributed by atoms with van der Waals surface area (Å²) in [6, 6.07) is 7.77. The highest BCUT2D eigenvalue weighted by Crippen LogP contribution is 2.14. The summed E-state index contributed by atoms with van der Waals surface area (Å²) in [5.41, 5.74) is 0.302. The Balaban J connectivity index is 2.56. The first-order valence-corrected chi connectivity index (χ1v) is 10.6. The van der Waals surface area contributed by atoms with Gasteiger partial charge in [0, 0.05) is 17.8 Å². The van der Waals surface area contributed by atoms with Crippen molar-refractivity contribution in [2.75, 3.05) is 29.3 Å². The Kier molecular flexibility index (Phi) is 6.05. The molecule has 0 bridgehead atoms. The molecule has 0 heterocycles. The molecule has 0 radical (unpaired) electrons. The van der Waals surface area contributed by atoms with Crippen LogP contribution in [0.2, 0.25) is 0 Å². The zero-order valence-electron chi connectivity index (χ0n) is 10.9. The van der Waals surface area contributed by atoms with Crippen molar-refractivity contribution in [3.05, 3.63) is 29.8 Å². The SMILES string of the molecule is CS(=O)(=O)CCSCCS(=O)(=O)c1cccc(C#N)c1. The highest BCUT2D eigenvalue weighted by atomic mass is 32.2. The monoisotopic (exact) mass is 333 g/mol. The number of nitrogens with zero attached hydrogens (tertiary/aromatic N) is 1. The molecule has 0 fully saturated rings. The minimum absolute atomic E-state index is 0.0433. The number of hydrogen-bond donors (Lipinski definition) is 0. The van der Waals surface area contributed by atoms with Crippen LogP contribution in [0.25, 0.3) is 0 Å². The van der Waals surface area contributed by atoms with Crippen LogP contribution in [0.4, 0.5) is 0 Å². The molecule has 0 amide bonds. The summed E-state index contributed by atoms with van der Waals surface area (Å²) in [4.78, 5) is 0.125. The molecule has 110 valence electrons. The highest BCUT2D eigenvalue weighted by Gasteiger charge is 2.14. The molecule has 0 aliphatic rings. The van der Waals surface area contributed by atoms with E-state index in [9.17, 15) is 16.8 Å². The predicted molar refractivity (Wildman–Crippen MR) is 80.2 cm³/mol. The Bertz CT molecular complexity index is 702. The second-order valence-electron chi connectivity index (χ2n) is 4.20. The molecule has 20 heavy (non-hydrogen) atoms. The van der Waals surface area contributed by atoms with Gasteiger partial charge in [-0.25, -0.2) is 16.8 Å². The van der Waals surface area contributed by atoms with Crippen molar-refractivity contribution in [3.8, 4) is 6.07 Å². The first-order chi connectivity index (χ1) is 9.24. The van der Waals surface area contributed by atoms with E-state index in [2.05, 4.69) is 0 Å². The lowest BCUT2D eigenvalue weighted by Crippen LogP contribution is -2.11. The summed E-state index contributed by atoms with van der Waals surface area (Å²) < 4.78 is 45.9. The molecule has 5 nitrogen and oxygen atoms in total. The van der Waals surface area contributed by atoms with Crippen LogP contribution >= 0.6 is 11.8 Å². The lowest BCUT2D eigenvalue weighted by Gasteiger charge is -2.04. The van der Waals surface area contributed by atoms with Crippen LogP contribution in [0.15, 0.2) is 29.2 Å². The molecule has 0 aromatic heterocycles. The average molecular weight is 333 g/mol. The van der Waals surface area contributed by atoms with E-state index in [-0.39, 0.29) is 16.4 Å². The Morgan fingerprint density at radius 3 is 2.40 bits per heavy atom. The largest absolute Gasteiger partial charge is 0.229 e. The molecule has 0 atom stereocenters. The predicted octanol–water partition coefficient (Wildman–Crippen LogP) is 1.11. The lowest BCUT2D eigenvalue weighted by molar-refractivity contribution is 0.597. The summed E-state index contributed by atoms with van der Waals surface area (Å²) in [6.07, 6.45) is 1.15. The third-order valence-corrected chi connectivity index (χ3v) is 6.58. The van der Waals surface area contributed by atoms with E-state index in [4.69, 9.17) is 5.26 Å². The molecule has 1 aromatic rings. The standard InChI is InChI=1S/C12H15NO4S3/c1-19(14,15)7-5-18-6-8-20(16,17)12-4-2-3-11(9-12)10-13/h2-4,9H,5-8H2,1H3. The van der Waals surface area contributed by atoms with Gasteiger partial charge in [-0.3, -0.25) is 0 Å². The number of hydrogen-bond acceptors (Lipinski definition) is 6. The van der Waals surface area contributed by atoms with Crippen LogP contribution in [-0.4, -0.2) is 46.1 Å². The van der Waals surface area contributed by atoms with Gasteiger partial charge in [0.1, 0.15) is 9.84 Å². The van der Waals surface area contributed by atoms with Crippen molar-refractivity contribution < 1.29 is 16.8 Å². The summed E-state index contributed by atoms with van der Waals surface area (Å²) in [5, 5.41) is 8.74. The average Bonchev–Trinajstić information content (AvgIpc) is 2.37. The van der Waals surface area contributed by atoms with Crippen LogP contribution in [0.1, 0.15) is 5.56 Å². The van der Waals surface area contributed by atoms with Gasteiger partial charge in [0.15, 0.2) is 9.84 Å². The number of benzene rings is 1. The molecule has 0 N–H and O–H groups in total. The van der Waals surface area contributed by atoms with Crippen LogP contribution in [0.5, 0.6) is 0 Å². The third kappa shape index (κ3) is 5.94. The van der Waals surface area contributed by atoms with Gasteiger partial charge in [-0.1, -0.05) is 6.07 Å². The maximum Gasteiger partial charge on any atom is 0.179 e. The van der Waals surface area contributed by atoms with Gasteiger partial charge in [0.2, 0.25) is 0 Å². The first-order valence-electron chi connectivity index (χ1n) is 5.73. The summed E-state index contributed by atoms with van der Waals surface area (Å²) in [7, 11) is -6.44. The van der Waals surface area contributed by atoms with E-state index >= 15 is 0 Å². The smallest absolute Gasteiger partial charge is 0.179 e. The van der Waals surface area contributed by atoms with Crippen molar-refractivity contribution in [2.45, 2.75) is 4.90 Å². The van der Waals surface area contributed by atoms with Gasteiger partial charge in [-0.2, -0.15) is 17.0 Å². The van der Waals surface area contributed by atoms with Crippen molar-refractivity contribution in [1.29, 1.82) is 5.26 Å². The lowest BCUT2D eigenvalue weighted by atomic mass is 10.2. The zero-order valence-corrected chi connectivity index (χ0v) is 13.4. The fourth-order valence-corrected chi connectivity index (χ4v) is 5.42. The van der Waals surface area contributed by atoms with Gasteiger partial charge < -0.3 is 0 Å². The van der Waals surface area contributed by atoms with Gasteiger partial charge in [-0.15, -0.1) is 0 Å². The molecule has 1 aromatic carbocycles. The minimum atomic E-state index is -3.43. The van der Waals surface area contributed by atoms with Crippen LogP contribution in [-0.2, 0) is 19.7 Å². The maximum absolute atomic E-state index is 12.0. The van der Waals surface area contributed by atoms with Gasteiger partial charge >= 0.3 is 0 Å². The molecule has 0 spiro atoms. The molecule has 8 heteroatoms. The fourth-order valence-electron chi connectivity index (χ4n) is 1.36. The quantitative estimate of drug-likeness (QED) is 0.694. The van der Waals surface area contributed by atoms with E-state index < -0.39 is 19.7 Å². The molecule has 0 saturated heterocycles. The van der Waals surface area contributed by atoms with Crippen LogP contribution in [0, 0.1) is 11.3 Å². The summed E-state index contributed by atoms with van der Waals surface area (Å²) in [6.45, 7) is 0. The second kappa shape index (κ2) is 7.11. The van der Waals surface area contributed by atoms with Gasteiger partial charge in [0.05, 0.1) is 28.0 Å². The van der Waals surface area contributed by atoms with E-state index in [0.29, 0.717) is 17.1 Å². The minimum Gasteiger partial charge on any atom is -0.229 e. The molecule has 0 aliphatic heterocycles. The van der Waals surface area contributed by atoms with Crippen molar-refractivity contribution in [3.63, 3.8) is 0 Å². The zero-order chi connectivity index (χ0) is 15.2. The Labute approximate surface area is 123 Å². The van der Waals surface area contributed by atoms with Crippen molar-refractivity contribution in [2.24, 2.45) is 0 Å².